The van der Waals surface area contributed by atoms with Crippen LogP contribution in [0.15, 0.2) is 48.5 Å². The average molecular weight is 376 g/mol. The van der Waals surface area contributed by atoms with Gasteiger partial charge >= 0.3 is 0 Å². The first-order chi connectivity index (χ1) is 13.6. The Morgan fingerprint density at radius 3 is 2.25 bits per heavy atom. The number of hydrogen-bond acceptors (Lipinski definition) is 4. The van der Waals surface area contributed by atoms with Crippen LogP contribution in [0.1, 0.15) is 31.7 Å². The highest BCUT2D eigenvalue weighted by Crippen LogP contribution is 2.24. The Labute approximate surface area is 165 Å². The van der Waals surface area contributed by atoms with Gasteiger partial charge in [0.15, 0.2) is 0 Å². The van der Waals surface area contributed by atoms with Crippen molar-refractivity contribution in [2.24, 2.45) is 0 Å². The third-order valence-electron chi connectivity index (χ3n) is 4.86. The van der Waals surface area contributed by atoms with Gasteiger partial charge in [-0.2, -0.15) is 5.26 Å². The molecule has 1 saturated heterocycles. The molecule has 1 aliphatic rings. The normalized spacial score (nSPS) is 13.5. The molecule has 6 nitrogen and oxygen atoms in total. The zero-order valence-electron chi connectivity index (χ0n) is 16.0. The Morgan fingerprint density at radius 1 is 1.04 bits per heavy atom. The molecule has 1 N–H and O–H groups in total. The van der Waals surface area contributed by atoms with Crippen LogP contribution in [-0.4, -0.2) is 31.4 Å². The maximum atomic E-state index is 12.4. The first-order valence-electron chi connectivity index (χ1n) is 9.50. The standard InChI is InChI=1S/C22H24N4O2/c1-17(27)26(16-22(28)24-19-7-5-18(15-23)6-8-19)21-11-9-20(10-12-21)25-13-3-2-4-14-25/h5-12H,2-4,13-14,16H2,1H3,(H,24,28). The van der Waals surface area contributed by atoms with Crippen molar-refractivity contribution in [1.29, 1.82) is 5.26 Å². The number of nitrogens with one attached hydrogen (secondary N) is 1. The number of hydrogen-bond donors (Lipinski definition) is 1. The number of nitriles is 1. The second kappa shape index (κ2) is 9.05. The van der Waals surface area contributed by atoms with Crippen molar-refractivity contribution < 1.29 is 9.59 Å². The molecule has 3 rings (SSSR count). The van der Waals surface area contributed by atoms with Gasteiger partial charge in [0, 0.05) is 37.1 Å². The summed E-state index contributed by atoms with van der Waals surface area (Å²) >= 11 is 0. The maximum absolute atomic E-state index is 12.4. The summed E-state index contributed by atoms with van der Waals surface area (Å²) in [4.78, 5) is 28.3. The fourth-order valence-electron chi connectivity index (χ4n) is 3.35. The Hall–Kier alpha value is -3.33. The summed E-state index contributed by atoms with van der Waals surface area (Å²) in [5.41, 5.74) is 2.96. The molecule has 28 heavy (non-hydrogen) atoms. The highest BCUT2D eigenvalue weighted by Gasteiger charge is 2.17. The molecular formula is C22H24N4O2. The van der Waals surface area contributed by atoms with Crippen molar-refractivity contribution in [3.8, 4) is 6.07 Å². The fraction of sp³-hybridized carbons (Fsp3) is 0.318. The number of carbonyl (C=O) groups excluding carboxylic acids is 2. The van der Waals surface area contributed by atoms with Crippen LogP contribution in [0.25, 0.3) is 0 Å². The number of benzene rings is 2. The Bertz CT molecular complexity index is 863. The molecule has 6 heteroatoms. The van der Waals surface area contributed by atoms with E-state index < -0.39 is 0 Å². The summed E-state index contributed by atoms with van der Waals surface area (Å²) in [6.07, 6.45) is 3.69. The molecule has 0 unspecified atom stereocenters. The van der Waals surface area contributed by atoms with Crippen LogP contribution in [0.4, 0.5) is 17.1 Å². The van der Waals surface area contributed by atoms with Gasteiger partial charge in [0.05, 0.1) is 11.6 Å². The predicted octanol–water partition coefficient (Wildman–Crippen LogP) is 3.54. The van der Waals surface area contributed by atoms with Crippen molar-refractivity contribution in [2.75, 3.05) is 34.8 Å². The van der Waals surface area contributed by atoms with Crippen LogP contribution in [-0.2, 0) is 9.59 Å². The smallest absolute Gasteiger partial charge is 0.244 e. The van der Waals surface area contributed by atoms with Crippen molar-refractivity contribution in [2.45, 2.75) is 26.2 Å². The van der Waals surface area contributed by atoms with E-state index in [4.69, 9.17) is 5.26 Å². The summed E-state index contributed by atoms with van der Waals surface area (Å²) < 4.78 is 0. The van der Waals surface area contributed by atoms with Gasteiger partial charge in [-0.1, -0.05) is 0 Å². The summed E-state index contributed by atoms with van der Waals surface area (Å²) in [7, 11) is 0. The molecule has 2 aromatic rings. The fourth-order valence-corrected chi connectivity index (χ4v) is 3.35. The van der Waals surface area contributed by atoms with Gasteiger partial charge in [0.25, 0.3) is 0 Å². The molecule has 1 aliphatic heterocycles. The van der Waals surface area contributed by atoms with Crippen LogP contribution >= 0.6 is 0 Å². The van der Waals surface area contributed by atoms with Gasteiger partial charge in [-0.15, -0.1) is 0 Å². The molecule has 0 radical (unpaired) electrons. The van der Waals surface area contributed by atoms with Gasteiger partial charge in [-0.3, -0.25) is 9.59 Å². The number of rotatable bonds is 5. The van der Waals surface area contributed by atoms with Crippen LogP contribution in [0.5, 0.6) is 0 Å². The summed E-state index contributed by atoms with van der Waals surface area (Å²) in [5, 5.41) is 11.6. The van der Waals surface area contributed by atoms with E-state index in [1.807, 2.05) is 30.3 Å². The maximum Gasteiger partial charge on any atom is 0.244 e. The molecule has 144 valence electrons. The largest absolute Gasteiger partial charge is 0.372 e. The molecule has 0 bridgehead atoms. The minimum absolute atomic E-state index is 0.0710. The minimum atomic E-state index is -0.292. The molecule has 0 aliphatic carbocycles. The van der Waals surface area contributed by atoms with E-state index in [1.54, 1.807) is 24.3 Å². The van der Waals surface area contributed by atoms with Crippen LogP contribution in [0.3, 0.4) is 0 Å². The topological polar surface area (TPSA) is 76.4 Å². The molecule has 0 aromatic heterocycles. The SMILES string of the molecule is CC(=O)N(CC(=O)Nc1ccc(C#N)cc1)c1ccc(N2CCCCC2)cc1. The number of nitrogens with zero attached hydrogens (tertiary/aromatic N) is 3. The quantitative estimate of drug-likeness (QED) is 0.866. The number of piperidine rings is 1. The highest BCUT2D eigenvalue weighted by molar-refractivity contribution is 6.01. The van der Waals surface area contributed by atoms with E-state index in [-0.39, 0.29) is 18.4 Å². The van der Waals surface area contributed by atoms with Crippen LogP contribution in [0.2, 0.25) is 0 Å². The third-order valence-corrected chi connectivity index (χ3v) is 4.86. The van der Waals surface area contributed by atoms with E-state index in [1.165, 1.54) is 31.1 Å². The highest BCUT2D eigenvalue weighted by atomic mass is 16.2. The lowest BCUT2D eigenvalue weighted by Crippen LogP contribution is -2.36. The van der Waals surface area contributed by atoms with Gasteiger partial charge in [-0.25, -0.2) is 0 Å². The molecule has 1 fully saturated rings. The Morgan fingerprint density at radius 2 is 1.68 bits per heavy atom. The molecule has 2 amide bonds. The third kappa shape index (κ3) is 4.89. The zero-order chi connectivity index (χ0) is 19.9. The summed E-state index contributed by atoms with van der Waals surface area (Å²) in [5.74, 6) is -0.485. The molecule has 0 atom stereocenters. The zero-order valence-corrected chi connectivity index (χ0v) is 16.0. The van der Waals surface area contributed by atoms with Crippen molar-refractivity contribution in [3.63, 3.8) is 0 Å². The average Bonchev–Trinajstić information content (AvgIpc) is 2.73. The molecule has 2 aromatic carbocycles. The second-order valence-electron chi connectivity index (χ2n) is 6.91. The molecular weight excluding hydrogens is 352 g/mol. The predicted molar refractivity (Wildman–Crippen MR) is 110 cm³/mol. The number of anilines is 3. The molecule has 0 saturated carbocycles. The Kier molecular flexibility index (Phi) is 6.28. The Balaban J connectivity index is 1.66. The van der Waals surface area contributed by atoms with E-state index in [9.17, 15) is 9.59 Å². The number of amides is 2. The monoisotopic (exact) mass is 376 g/mol. The van der Waals surface area contributed by atoms with Crippen molar-refractivity contribution in [3.05, 3.63) is 54.1 Å². The van der Waals surface area contributed by atoms with Gasteiger partial charge in [0.1, 0.15) is 6.54 Å². The van der Waals surface area contributed by atoms with E-state index >= 15 is 0 Å². The van der Waals surface area contributed by atoms with Gasteiger partial charge in [0.2, 0.25) is 11.8 Å². The van der Waals surface area contributed by atoms with Crippen LogP contribution in [0, 0.1) is 11.3 Å². The van der Waals surface area contributed by atoms with E-state index in [0.29, 0.717) is 16.9 Å². The lowest BCUT2D eigenvalue weighted by atomic mass is 10.1. The van der Waals surface area contributed by atoms with Crippen molar-refractivity contribution >= 4 is 28.9 Å². The molecule has 0 spiro atoms. The molecule has 1 heterocycles. The lowest BCUT2D eigenvalue weighted by molar-refractivity contribution is -0.120. The second-order valence-corrected chi connectivity index (χ2v) is 6.91. The van der Waals surface area contributed by atoms with E-state index in [0.717, 1.165) is 18.8 Å². The van der Waals surface area contributed by atoms with Crippen LogP contribution < -0.4 is 15.1 Å². The first-order valence-corrected chi connectivity index (χ1v) is 9.50. The minimum Gasteiger partial charge on any atom is -0.372 e. The summed E-state index contributed by atoms with van der Waals surface area (Å²) in [6, 6.07) is 16.4. The number of carbonyl (C=O) groups is 2. The lowest BCUT2D eigenvalue weighted by Gasteiger charge is -2.29. The van der Waals surface area contributed by atoms with Gasteiger partial charge < -0.3 is 15.1 Å². The summed E-state index contributed by atoms with van der Waals surface area (Å²) in [6.45, 7) is 3.50. The first kappa shape index (κ1) is 19.4. The van der Waals surface area contributed by atoms with E-state index in [2.05, 4.69) is 10.2 Å². The van der Waals surface area contributed by atoms with Gasteiger partial charge in [-0.05, 0) is 67.8 Å². The van der Waals surface area contributed by atoms with Crippen molar-refractivity contribution in [1.82, 2.24) is 0 Å².